The Labute approximate surface area is 140 Å². The average Bonchev–Trinajstić information content (AvgIpc) is 3.05. The number of aromatic nitrogens is 3. The minimum absolute atomic E-state index is 0.0643. The van der Waals surface area contributed by atoms with Crippen LogP contribution in [0.1, 0.15) is 36.2 Å². The Morgan fingerprint density at radius 3 is 2.96 bits per heavy atom. The van der Waals surface area contributed by atoms with Crippen molar-refractivity contribution in [2.45, 2.75) is 31.9 Å². The first-order chi connectivity index (χ1) is 11.7. The number of aliphatic hydroxyl groups excluding tert-OH is 1. The number of imidazole rings is 1. The fraction of sp³-hybridized carbons (Fsp3) is 0.471. The van der Waals surface area contributed by atoms with Gasteiger partial charge in [0.2, 0.25) is 5.88 Å². The molecule has 0 saturated carbocycles. The summed E-state index contributed by atoms with van der Waals surface area (Å²) in [4.78, 5) is 22.8. The predicted octanol–water partition coefficient (Wildman–Crippen LogP) is 1.51. The van der Waals surface area contributed by atoms with Crippen LogP contribution in [0.25, 0.3) is 0 Å². The molecule has 7 nitrogen and oxygen atoms in total. The number of aliphatic hydroxyl groups is 1. The minimum atomic E-state index is -0.503. The molecular formula is C17H22N4O3. The molecule has 24 heavy (non-hydrogen) atoms. The summed E-state index contributed by atoms with van der Waals surface area (Å²) in [6.45, 7) is 3.39. The third kappa shape index (κ3) is 3.41. The van der Waals surface area contributed by atoms with Crippen LogP contribution in [0.5, 0.6) is 5.88 Å². The van der Waals surface area contributed by atoms with Crippen molar-refractivity contribution in [3.63, 3.8) is 0 Å². The van der Waals surface area contributed by atoms with Gasteiger partial charge in [-0.15, -0.1) is 0 Å². The second-order valence-electron chi connectivity index (χ2n) is 5.80. The molecule has 2 aromatic rings. The van der Waals surface area contributed by atoms with E-state index in [4.69, 9.17) is 4.74 Å². The summed E-state index contributed by atoms with van der Waals surface area (Å²) in [5.41, 5.74) is 0.468. The van der Waals surface area contributed by atoms with Crippen molar-refractivity contribution in [2.24, 2.45) is 0 Å². The molecule has 0 radical (unpaired) electrons. The molecule has 0 spiro atoms. The van der Waals surface area contributed by atoms with E-state index in [1.165, 1.54) is 0 Å². The van der Waals surface area contributed by atoms with E-state index < -0.39 is 6.10 Å². The van der Waals surface area contributed by atoms with Crippen molar-refractivity contribution >= 4 is 5.91 Å². The lowest BCUT2D eigenvalue weighted by molar-refractivity contribution is 0.0746. The summed E-state index contributed by atoms with van der Waals surface area (Å²) in [6.07, 6.45) is 7.57. The second kappa shape index (κ2) is 7.44. The molecule has 2 aromatic heterocycles. The van der Waals surface area contributed by atoms with Crippen molar-refractivity contribution in [3.8, 4) is 5.88 Å². The van der Waals surface area contributed by atoms with E-state index in [0.29, 0.717) is 44.0 Å². The average molecular weight is 330 g/mol. The van der Waals surface area contributed by atoms with Crippen LogP contribution in [0.4, 0.5) is 0 Å². The topological polar surface area (TPSA) is 80.5 Å². The third-order valence-corrected chi connectivity index (χ3v) is 4.31. The quantitative estimate of drug-likeness (QED) is 0.919. The van der Waals surface area contributed by atoms with Gasteiger partial charge < -0.3 is 19.3 Å². The highest BCUT2D eigenvalue weighted by Crippen LogP contribution is 2.25. The first-order valence-corrected chi connectivity index (χ1v) is 8.23. The maximum Gasteiger partial charge on any atom is 0.259 e. The van der Waals surface area contributed by atoms with E-state index in [-0.39, 0.29) is 11.9 Å². The number of carbonyl (C=O) groups is 1. The number of ether oxygens (including phenoxy) is 1. The van der Waals surface area contributed by atoms with E-state index in [1.54, 1.807) is 35.8 Å². The molecule has 1 N–H and O–H groups in total. The number of hydrogen-bond acceptors (Lipinski definition) is 5. The fourth-order valence-corrected chi connectivity index (χ4v) is 3.06. The molecule has 1 aliphatic rings. The number of likely N-dealkylation sites (tertiary alicyclic amines) is 1. The Balaban J connectivity index is 1.75. The zero-order chi connectivity index (χ0) is 16.9. The van der Waals surface area contributed by atoms with Crippen LogP contribution in [0.15, 0.2) is 37.1 Å². The van der Waals surface area contributed by atoms with Crippen molar-refractivity contribution in [2.75, 3.05) is 19.7 Å². The van der Waals surface area contributed by atoms with Gasteiger partial charge in [-0.2, -0.15) is 0 Å². The number of hydrogen-bond donors (Lipinski definition) is 1. The monoisotopic (exact) mass is 330 g/mol. The normalized spacial score (nSPS) is 21.3. The first-order valence-electron chi connectivity index (χ1n) is 8.23. The van der Waals surface area contributed by atoms with Crippen LogP contribution in [-0.2, 0) is 0 Å². The first kappa shape index (κ1) is 16.4. The van der Waals surface area contributed by atoms with Crippen molar-refractivity contribution in [3.05, 3.63) is 42.6 Å². The highest BCUT2D eigenvalue weighted by atomic mass is 16.5. The molecule has 3 heterocycles. The Morgan fingerprint density at radius 1 is 1.38 bits per heavy atom. The summed E-state index contributed by atoms with van der Waals surface area (Å²) in [7, 11) is 0. The highest BCUT2D eigenvalue weighted by molar-refractivity contribution is 5.96. The van der Waals surface area contributed by atoms with Crippen LogP contribution >= 0.6 is 0 Å². The lowest BCUT2D eigenvalue weighted by Crippen LogP contribution is -2.32. The van der Waals surface area contributed by atoms with Crippen LogP contribution in [0, 0.1) is 0 Å². The Kier molecular flexibility index (Phi) is 5.10. The summed E-state index contributed by atoms with van der Waals surface area (Å²) in [5, 5.41) is 10.4. The van der Waals surface area contributed by atoms with E-state index >= 15 is 0 Å². The molecule has 0 bridgehead atoms. The van der Waals surface area contributed by atoms with Crippen LogP contribution < -0.4 is 4.74 Å². The molecule has 1 fully saturated rings. The molecule has 1 amide bonds. The van der Waals surface area contributed by atoms with Gasteiger partial charge in [-0.1, -0.05) is 0 Å². The molecular weight excluding hydrogens is 308 g/mol. The number of carbonyl (C=O) groups excluding carboxylic acids is 1. The van der Waals surface area contributed by atoms with E-state index in [2.05, 4.69) is 9.97 Å². The minimum Gasteiger partial charge on any atom is -0.477 e. The van der Waals surface area contributed by atoms with Gasteiger partial charge in [0, 0.05) is 31.7 Å². The van der Waals surface area contributed by atoms with Crippen LogP contribution in [0.2, 0.25) is 0 Å². The Bertz CT molecular complexity index is 674. The van der Waals surface area contributed by atoms with Gasteiger partial charge in [-0.25, -0.2) is 9.97 Å². The molecule has 0 aromatic carbocycles. The SMILES string of the molecule is CCOc1ncccc1C(=O)N1CC[C@H](O)[C@@H](n2ccnc2)CC1. The van der Waals surface area contributed by atoms with Gasteiger partial charge in [-0.05, 0) is 31.9 Å². The number of rotatable bonds is 4. The molecule has 1 aliphatic heterocycles. The highest BCUT2D eigenvalue weighted by Gasteiger charge is 2.29. The smallest absolute Gasteiger partial charge is 0.259 e. The molecule has 0 unspecified atom stereocenters. The summed E-state index contributed by atoms with van der Waals surface area (Å²) >= 11 is 0. The predicted molar refractivity (Wildman–Crippen MR) is 87.8 cm³/mol. The van der Waals surface area contributed by atoms with Gasteiger partial charge in [0.15, 0.2) is 0 Å². The molecule has 3 rings (SSSR count). The summed E-state index contributed by atoms with van der Waals surface area (Å²) in [6, 6.07) is 3.40. The Hall–Kier alpha value is -2.41. The summed E-state index contributed by atoms with van der Waals surface area (Å²) < 4.78 is 7.37. The number of pyridine rings is 1. The summed E-state index contributed by atoms with van der Waals surface area (Å²) in [5.74, 6) is 0.256. The molecule has 2 atom stereocenters. The standard InChI is InChI=1S/C17H22N4O3/c1-2-24-16-13(4-3-7-19-16)17(23)20-9-5-14(15(22)6-10-20)21-11-8-18-12-21/h3-4,7-8,11-12,14-15,22H,2,5-6,9-10H2,1H3/t14-,15-/m0/s1. The largest absolute Gasteiger partial charge is 0.477 e. The number of amides is 1. The zero-order valence-electron chi connectivity index (χ0n) is 13.7. The fourth-order valence-electron chi connectivity index (χ4n) is 3.06. The molecule has 0 aliphatic carbocycles. The van der Waals surface area contributed by atoms with Crippen LogP contribution in [-0.4, -0.2) is 56.2 Å². The zero-order valence-corrected chi connectivity index (χ0v) is 13.7. The van der Waals surface area contributed by atoms with Crippen molar-refractivity contribution < 1.29 is 14.6 Å². The maximum absolute atomic E-state index is 12.9. The van der Waals surface area contributed by atoms with E-state index in [0.717, 1.165) is 0 Å². The van der Waals surface area contributed by atoms with Gasteiger partial charge in [0.25, 0.3) is 5.91 Å². The second-order valence-corrected chi connectivity index (χ2v) is 5.80. The third-order valence-electron chi connectivity index (χ3n) is 4.31. The Morgan fingerprint density at radius 2 is 2.21 bits per heavy atom. The van der Waals surface area contributed by atoms with Crippen molar-refractivity contribution in [1.29, 1.82) is 0 Å². The number of nitrogens with zero attached hydrogens (tertiary/aromatic N) is 4. The van der Waals surface area contributed by atoms with Gasteiger partial charge >= 0.3 is 0 Å². The van der Waals surface area contributed by atoms with Gasteiger partial charge in [-0.3, -0.25) is 4.79 Å². The van der Waals surface area contributed by atoms with E-state index in [1.807, 2.05) is 17.7 Å². The van der Waals surface area contributed by atoms with Gasteiger partial charge in [0.1, 0.15) is 5.56 Å². The lowest BCUT2D eigenvalue weighted by atomic mass is 10.1. The van der Waals surface area contributed by atoms with E-state index in [9.17, 15) is 9.90 Å². The maximum atomic E-state index is 12.9. The molecule has 1 saturated heterocycles. The lowest BCUT2D eigenvalue weighted by Gasteiger charge is -2.22. The van der Waals surface area contributed by atoms with Crippen molar-refractivity contribution in [1.82, 2.24) is 19.4 Å². The van der Waals surface area contributed by atoms with Crippen LogP contribution in [0.3, 0.4) is 0 Å². The molecule has 7 heteroatoms. The van der Waals surface area contributed by atoms with Gasteiger partial charge in [0.05, 0.1) is 25.1 Å². The molecule has 128 valence electrons.